The minimum absolute atomic E-state index is 0.00832. The van der Waals surface area contributed by atoms with Gasteiger partial charge in [-0.05, 0) is 55.6 Å². The lowest BCUT2D eigenvalue weighted by Gasteiger charge is -2.39. The summed E-state index contributed by atoms with van der Waals surface area (Å²) in [6.45, 7) is 15.6. The molecular formula is C28H37ClN4OSSi. The minimum Gasteiger partial charge on any atom is -0.415 e. The van der Waals surface area contributed by atoms with Crippen LogP contribution in [0.5, 0.6) is 0 Å². The summed E-state index contributed by atoms with van der Waals surface area (Å²) < 4.78 is 9.08. The molecule has 3 heterocycles. The second kappa shape index (κ2) is 9.26. The molecule has 0 radical (unpaired) electrons. The largest absolute Gasteiger partial charge is 0.415 e. The second-order valence-corrected chi connectivity index (χ2v) is 19.0. The van der Waals surface area contributed by atoms with Crippen LogP contribution in [-0.4, -0.2) is 45.2 Å². The third-order valence-corrected chi connectivity index (χ3v) is 14.4. The van der Waals surface area contributed by atoms with Crippen LogP contribution in [0.1, 0.15) is 57.7 Å². The number of hydrogen-bond donors (Lipinski definition) is 0. The van der Waals surface area contributed by atoms with Crippen molar-refractivity contribution in [3.05, 3.63) is 64.8 Å². The van der Waals surface area contributed by atoms with E-state index in [9.17, 15) is 0 Å². The van der Waals surface area contributed by atoms with Crippen LogP contribution in [-0.2, 0) is 22.8 Å². The van der Waals surface area contributed by atoms with Gasteiger partial charge in [-0.1, -0.05) is 56.6 Å². The first-order chi connectivity index (χ1) is 16.9. The van der Waals surface area contributed by atoms with Crippen LogP contribution in [0.25, 0.3) is 11.3 Å². The van der Waals surface area contributed by atoms with E-state index in [0.29, 0.717) is 5.02 Å². The van der Waals surface area contributed by atoms with Gasteiger partial charge in [0.2, 0.25) is 0 Å². The Morgan fingerprint density at radius 1 is 1.11 bits per heavy atom. The highest BCUT2D eigenvalue weighted by Gasteiger charge is 2.51. The fraction of sp³-hybridized carbons (Fsp3) is 0.536. The van der Waals surface area contributed by atoms with Crippen LogP contribution in [0.4, 0.5) is 0 Å². The summed E-state index contributed by atoms with van der Waals surface area (Å²) in [6, 6.07) is 12.5. The highest BCUT2D eigenvalue weighted by Crippen LogP contribution is 2.53. The van der Waals surface area contributed by atoms with E-state index < -0.39 is 8.32 Å². The van der Waals surface area contributed by atoms with Crippen molar-refractivity contribution in [2.45, 2.75) is 81.8 Å². The van der Waals surface area contributed by atoms with E-state index in [1.54, 1.807) is 6.20 Å². The number of rotatable bonds is 6. The Bertz CT molecular complexity index is 1250. The molecule has 36 heavy (non-hydrogen) atoms. The Balaban J connectivity index is 1.37. The molecule has 2 aromatic heterocycles. The number of halogens is 1. The molecule has 0 N–H and O–H groups in total. The average Bonchev–Trinajstić information content (AvgIpc) is 3.57. The van der Waals surface area contributed by atoms with Crippen molar-refractivity contribution in [1.29, 1.82) is 0 Å². The molecule has 1 fully saturated rings. The van der Waals surface area contributed by atoms with Crippen molar-refractivity contribution in [3.8, 4) is 11.3 Å². The molecule has 192 valence electrons. The molecule has 3 aromatic rings. The number of benzene rings is 1. The lowest BCUT2D eigenvalue weighted by Crippen LogP contribution is -2.45. The number of thioether (sulfide) groups is 1. The van der Waals surface area contributed by atoms with Crippen LogP contribution in [0.3, 0.4) is 0 Å². The summed E-state index contributed by atoms with van der Waals surface area (Å²) >= 11 is 8.40. The fourth-order valence-electron chi connectivity index (χ4n) is 4.78. The molecule has 1 aliphatic heterocycles. The number of pyridine rings is 1. The van der Waals surface area contributed by atoms with Crippen LogP contribution >= 0.6 is 23.4 Å². The summed E-state index contributed by atoms with van der Waals surface area (Å²) in [4.78, 5) is 4.46. The van der Waals surface area contributed by atoms with E-state index >= 15 is 0 Å². The van der Waals surface area contributed by atoms with Crippen LogP contribution in [0, 0.1) is 0 Å². The van der Waals surface area contributed by atoms with Crippen LogP contribution in [0.15, 0.2) is 42.6 Å². The Labute approximate surface area is 225 Å². The molecule has 0 amide bonds. The Kier molecular flexibility index (Phi) is 6.68. The van der Waals surface area contributed by atoms with Crippen molar-refractivity contribution < 1.29 is 4.43 Å². The van der Waals surface area contributed by atoms with Crippen LogP contribution < -0.4 is 0 Å². The summed E-state index contributed by atoms with van der Waals surface area (Å²) in [6.07, 6.45) is 4.87. The van der Waals surface area contributed by atoms with Crippen molar-refractivity contribution in [2.24, 2.45) is 0 Å². The topological polar surface area (TPSA) is 52.8 Å². The predicted octanol–water partition coefficient (Wildman–Crippen LogP) is 7.14. The molecule has 5 rings (SSSR count). The van der Waals surface area contributed by atoms with Gasteiger partial charge in [-0.25, -0.2) is 0 Å². The molecule has 1 saturated carbocycles. The lowest BCUT2D eigenvalue weighted by atomic mass is 9.93. The summed E-state index contributed by atoms with van der Waals surface area (Å²) in [5.41, 5.74) is 3.12. The Morgan fingerprint density at radius 3 is 2.47 bits per heavy atom. The molecule has 8 heteroatoms. The van der Waals surface area contributed by atoms with Crippen molar-refractivity contribution in [2.75, 3.05) is 12.4 Å². The molecular weight excluding hydrogens is 504 g/mol. The zero-order valence-corrected chi connectivity index (χ0v) is 24.8. The minimum atomic E-state index is -1.80. The summed E-state index contributed by atoms with van der Waals surface area (Å²) in [7, 11) is -1.80. The van der Waals surface area contributed by atoms with Crippen LogP contribution in [0.2, 0.25) is 23.2 Å². The molecule has 0 saturated heterocycles. The average molecular weight is 541 g/mol. The number of fused-ring (bicyclic) bond motifs is 1. The highest BCUT2D eigenvalue weighted by atomic mass is 35.5. The Hall–Kier alpha value is -1.67. The van der Waals surface area contributed by atoms with Crippen molar-refractivity contribution in [1.82, 2.24) is 19.7 Å². The van der Waals surface area contributed by atoms with E-state index in [-0.39, 0.29) is 15.2 Å². The van der Waals surface area contributed by atoms with Gasteiger partial charge in [0.15, 0.2) is 8.32 Å². The molecule has 1 aromatic carbocycles. The standard InChI is InChI=1S/C28H37ClN4OSSi/c1-26(2,3)36(5,6)34-19-27(4)18-23-31-32-25(33(23)16-17-35-27)28(13-14-28)21-11-9-20(10-12-21)24-22(29)8-7-15-30-24/h7-12,15H,13-14,16-19H2,1-6H3. The summed E-state index contributed by atoms with van der Waals surface area (Å²) in [5, 5.41) is 10.4. The zero-order chi connectivity index (χ0) is 25.8. The SMILES string of the molecule is CC1(CO[Si](C)(C)C(C)(C)C)Cc2nnc(C3(c4ccc(-c5ncccc5Cl)cc4)CC3)n2CCS1. The smallest absolute Gasteiger partial charge is 0.192 e. The van der Waals surface area contributed by atoms with Gasteiger partial charge in [-0.3, -0.25) is 4.98 Å². The Morgan fingerprint density at radius 2 is 1.83 bits per heavy atom. The molecule has 0 spiro atoms. The summed E-state index contributed by atoms with van der Waals surface area (Å²) in [5.74, 6) is 3.26. The molecule has 1 atom stereocenters. The lowest BCUT2D eigenvalue weighted by molar-refractivity contribution is 0.252. The van der Waals surface area contributed by atoms with Gasteiger partial charge in [-0.2, -0.15) is 11.8 Å². The first kappa shape index (κ1) is 26.0. The third kappa shape index (κ3) is 4.80. The second-order valence-electron chi connectivity index (χ2n) is 12.1. The normalized spacial score (nSPS) is 21.6. The highest BCUT2D eigenvalue weighted by molar-refractivity contribution is 8.00. The maximum Gasteiger partial charge on any atom is 0.192 e. The molecule has 2 aliphatic rings. The van der Waals surface area contributed by atoms with Gasteiger partial charge in [0.25, 0.3) is 0 Å². The first-order valence-electron chi connectivity index (χ1n) is 12.9. The number of aromatic nitrogens is 4. The molecule has 1 unspecified atom stereocenters. The monoisotopic (exact) mass is 540 g/mol. The van der Waals surface area contributed by atoms with Gasteiger partial charge < -0.3 is 8.99 Å². The van der Waals surface area contributed by atoms with Gasteiger partial charge in [-0.15, -0.1) is 10.2 Å². The maximum absolute atomic E-state index is 6.66. The zero-order valence-electron chi connectivity index (χ0n) is 22.3. The fourth-order valence-corrected chi connectivity index (χ4v) is 7.37. The van der Waals surface area contributed by atoms with Crippen molar-refractivity contribution in [3.63, 3.8) is 0 Å². The van der Waals surface area contributed by atoms with E-state index in [1.807, 2.05) is 23.9 Å². The molecule has 5 nitrogen and oxygen atoms in total. The first-order valence-corrected chi connectivity index (χ1v) is 17.1. The van der Waals surface area contributed by atoms with E-state index in [0.717, 1.165) is 61.1 Å². The van der Waals surface area contributed by atoms with Gasteiger partial charge in [0.1, 0.15) is 11.6 Å². The van der Waals surface area contributed by atoms with E-state index in [4.69, 9.17) is 26.2 Å². The predicted molar refractivity (Wildman–Crippen MR) is 152 cm³/mol. The molecule has 1 aliphatic carbocycles. The molecule has 0 bridgehead atoms. The maximum atomic E-state index is 6.66. The van der Waals surface area contributed by atoms with E-state index in [2.05, 4.69) is 74.6 Å². The third-order valence-electron chi connectivity index (χ3n) is 8.32. The quantitative estimate of drug-likeness (QED) is 0.311. The number of hydrogen-bond acceptors (Lipinski definition) is 5. The van der Waals surface area contributed by atoms with Crippen molar-refractivity contribution >= 4 is 31.7 Å². The van der Waals surface area contributed by atoms with Gasteiger partial charge in [0.05, 0.1) is 16.1 Å². The van der Waals surface area contributed by atoms with E-state index in [1.165, 1.54) is 5.56 Å². The van der Waals surface area contributed by atoms with Gasteiger partial charge in [0, 0.05) is 41.8 Å². The van der Waals surface area contributed by atoms with Gasteiger partial charge >= 0.3 is 0 Å². The number of nitrogens with zero attached hydrogens (tertiary/aromatic N) is 4.